The van der Waals surface area contributed by atoms with Crippen molar-refractivity contribution in [3.8, 4) is 5.75 Å². The molecular formula is C17H19FN2O4S. The fourth-order valence-corrected chi connectivity index (χ4v) is 3.50. The fraction of sp³-hybridized carbons (Fsp3) is 0.235. The zero-order chi connectivity index (χ0) is 18.4. The molecule has 0 saturated heterocycles. The Morgan fingerprint density at radius 1 is 1.16 bits per heavy atom. The molecule has 0 spiro atoms. The van der Waals surface area contributed by atoms with Gasteiger partial charge < -0.3 is 10.1 Å². The van der Waals surface area contributed by atoms with E-state index < -0.39 is 33.4 Å². The van der Waals surface area contributed by atoms with E-state index in [9.17, 15) is 17.6 Å². The molecule has 25 heavy (non-hydrogen) atoms. The molecule has 6 nitrogen and oxygen atoms in total. The Morgan fingerprint density at radius 3 is 2.44 bits per heavy atom. The molecule has 1 unspecified atom stereocenters. The van der Waals surface area contributed by atoms with Gasteiger partial charge in [0.2, 0.25) is 15.9 Å². The van der Waals surface area contributed by atoms with Gasteiger partial charge in [-0.25, -0.2) is 12.8 Å². The minimum Gasteiger partial charge on any atom is -0.497 e. The van der Waals surface area contributed by atoms with Gasteiger partial charge in [-0.3, -0.25) is 9.52 Å². The lowest BCUT2D eigenvalue weighted by molar-refractivity contribution is -0.118. The molecule has 134 valence electrons. The van der Waals surface area contributed by atoms with E-state index in [1.165, 1.54) is 32.2 Å². The van der Waals surface area contributed by atoms with Crippen LogP contribution in [0.3, 0.4) is 0 Å². The largest absolute Gasteiger partial charge is 0.497 e. The summed E-state index contributed by atoms with van der Waals surface area (Å²) in [5.74, 6) is -1.56. The third-order valence-corrected chi connectivity index (χ3v) is 4.86. The molecule has 0 aliphatic rings. The predicted octanol–water partition coefficient (Wildman–Crippen LogP) is 2.85. The number of nitrogens with one attached hydrogen (secondary N) is 2. The zero-order valence-corrected chi connectivity index (χ0v) is 14.6. The number of rotatable bonds is 7. The average Bonchev–Trinajstić information content (AvgIpc) is 2.54. The number of amides is 1. The summed E-state index contributed by atoms with van der Waals surface area (Å²) >= 11 is 0. The van der Waals surface area contributed by atoms with E-state index in [0.717, 1.165) is 6.07 Å². The van der Waals surface area contributed by atoms with E-state index in [4.69, 9.17) is 4.74 Å². The molecule has 2 aromatic rings. The molecule has 0 saturated carbocycles. The molecule has 0 radical (unpaired) electrons. The number of sulfonamides is 1. The Kier molecular flexibility index (Phi) is 5.97. The number of hydrogen-bond donors (Lipinski definition) is 2. The standard InChI is InChI=1S/C17H19FN2O4S/c1-12(17(21)19-14-6-8-16(24-2)9-7-14)11-25(22,23)20-15-5-3-4-13(18)10-15/h3-10,12,20H,11H2,1-2H3,(H,19,21). The number of ether oxygens (including phenoxy) is 1. The van der Waals surface area contributed by atoms with Crippen molar-refractivity contribution >= 4 is 27.3 Å². The smallest absolute Gasteiger partial charge is 0.233 e. The summed E-state index contributed by atoms with van der Waals surface area (Å²) in [6, 6.07) is 11.8. The monoisotopic (exact) mass is 366 g/mol. The molecule has 2 N–H and O–H groups in total. The fourth-order valence-electron chi connectivity index (χ4n) is 2.12. The molecule has 0 heterocycles. The molecule has 8 heteroatoms. The molecule has 1 amide bonds. The van der Waals surface area contributed by atoms with Crippen LogP contribution in [0.25, 0.3) is 0 Å². The van der Waals surface area contributed by atoms with Gasteiger partial charge in [0.1, 0.15) is 11.6 Å². The summed E-state index contributed by atoms with van der Waals surface area (Å²) in [7, 11) is -2.26. The molecule has 2 aromatic carbocycles. The van der Waals surface area contributed by atoms with Crippen LogP contribution in [0, 0.1) is 11.7 Å². The van der Waals surface area contributed by atoms with Crippen LogP contribution in [0.4, 0.5) is 15.8 Å². The van der Waals surface area contributed by atoms with Crippen LogP contribution in [0.15, 0.2) is 48.5 Å². The van der Waals surface area contributed by atoms with Gasteiger partial charge in [0.15, 0.2) is 0 Å². The Hall–Kier alpha value is -2.61. The number of carbonyl (C=O) groups excluding carboxylic acids is 1. The minimum atomic E-state index is -3.80. The first kappa shape index (κ1) is 18.7. The molecule has 1 atom stereocenters. The Labute approximate surface area is 146 Å². The van der Waals surface area contributed by atoms with Gasteiger partial charge in [0.05, 0.1) is 24.5 Å². The summed E-state index contributed by atoms with van der Waals surface area (Å²) in [4.78, 5) is 12.2. The van der Waals surface area contributed by atoms with Gasteiger partial charge in [-0.2, -0.15) is 0 Å². The van der Waals surface area contributed by atoms with E-state index >= 15 is 0 Å². The lowest BCUT2D eigenvalue weighted by atomic mass is 10.2. The van der Waals surface area contributed by atoms with Crippen molar-refractivity contribution in [1.82, 2.24) is 0 Å². The van der Waals surface area contributed by atoms with Gasteiger partial charge in [-0.1, -0.05) is 13.0 Å². The van der Waals surface area contributed by atoms with Crippen molar-refractivity contribution < 1.29 is 22.3 Å². The van der Waals surface area contributed by atoms with E-state index in [2.05, 4.69) is 10.0 Å². The van der Waals surface area contributed by atoms with Gasteiger partial charge in [0.25, 0.3) is 0 Å². The second kappa shape index (κ2) is 7.98. The number of benzene rings is 2. The van der Waals surface area contributed by atoms with Gasteiger partial charge in [-0.15, -0.1) is 0 Å². The summed E-state index contributed by atoms with van der Waals surface area (Å²) < 4.78 is 44.7. The van der Waals surface area contributed by atoms with E-state index in [0.29, 0.717) is 11.4 Å². The summed E-state index contributed by atoms with van der Waals surface area (Å²) in [6.07, 6.45) is 0. The van der Waals surface area contributed by atoms with Gasteiger partial charge >= 0.3 is 0 Å². The molecule has 2 rings (SSSR count). The molecular weight excluding hydrogens is 347 g/mol. The SMILES string of the molecule is COc1ccc(NC(=O)C(C)CS(=O)(=O)Nc2cccc(F)c2)cc1. The van der Waals surface area contributed by atoms with Gasteiger partial charge in [-0.05, 0) is 42.5 Å². The van der Waals surface area contributed by atoms with Crippen molar-refractivity contribution in [1.29, 1.82) is 0 Å². The maximum Gasteiger partial charge on any atom is 0.233 e. The maximum atomic E-state index is 13.1. The third kappa shape index (κ3) is 5.75. The van der Waals surface area contributed by atoms with E-state index in [1.54, 1.807) is 24.3 Å². The Balaban J connectivity index is 1.96. The molecule has 0 aromatic heterocycles. The molecule has 0 aliphatic carbocycles. The van der Waals surface area contributed by atoms with E-state index in [-0.39, 0.29) is 5.69 Å². The summed E-state index contributed by atoms with van der Waals surface area (Å²) in [5, 5.41) is 2.64. The van der Waals surface area contributed by atoms with Crippen LogP contribution in [0.1, 0.15) is 6.92 Å². The lowest BCUT2D eigenvalue weighted by Crippen LogP contribution is -2.29. The maximum absolute atomic E-state index is 13.1. The molecule has 0 aliphatic heterocycles. The summed E-state index contributed by atoms with van der Waals surface area (Å²) in [6.45, 7) is 1.50. The van der Waals surface area contributed by atoms with Crippen molar-refractivity contribution in [2.45, 2.75) is 6.92 Å². The van der Waals surface area contributed by atoms with Crippen LogP contribution < -0.4 is 14.8 Å². The molecule has 0 bridgehead atoms. The van der Waals surface area contributed by atoms with Crippen molar-refractivity contribution in [3.05, 3.63) is 54.3 Å². The second-order valence-corrected chi connectivity index (χ2v) is 7.28. The second-order valence-electron chi connectivity index (χ2n) is 5.51. The van der Waals surface area contributed by atoms with Crippen LogP contribution in [0.2, 0.25) is 0 Å². The number of methoxy groups -OCH3 is 1. The number of anilines is 2. The normalized spacial score (nSPS) is 12.3. The van der Waals surface area contributed by atoms with Crippen LogP contribution in [-0.4, -0.2) is 27.2 Å². The highest BCUT2D eigenvalue weighted by Gasteiger charge is 2.22. The number of halogens is 1. The highest BCUT2D eigenvalue weighted by atomic mass is 32.2. The van der Waals surface area contributed by atoms with Crippen LogP contribution in [-0.2, 0) is 14.8 Å². The third-order valence-electron chi connectivity index (χ3n) is 3.37. The lowest BCUT2D eigenvalue weighted by Gasteiger charge is -2.14. The first-order valence-corrected chi connectivity index (χ1v) is 9.15. The molecule has 0 fully saturated rings. The first-order valence-electron chi connectivity index (χ1n) is 7.50. The quantitative estimate of drug-likeness (QED) is 0.789. The van der Waals surface area contributed by atoms with Crippen molar-refractivity contribution in [2.24, 2.45) is 5.92 Å². The van der Waals surface area contributed by atoms with Gasteiger partial charge in [0, 0.05) is 5.69 Å². The van der Waals surface area contributed by atoms with E-state index in [1.807, 2.05) is 0 Å². The average molecular weight is 366 g/mol. The minimum absolute atomic E-state index is 0.114. The topological polar surface area (TPSA) is 84.5 Å². The highest BCUT2D eigenvalue weighted by molar-refractivity contribution is 7.92. The predicted molar refractivity (Wildman–Crippen MR) is 94.6 cm³/mol. The summed E-state index contributed by atoms with van der Waals surface area (Å²) in [5.41, 5.74) is 0.649. The highest BCUT2D eigenvalue weighted by Crippen LogP contribution is 2.17. The van der Waals surface area contributed by atoms with Crippen molar-refractivity contribution in [3.63, 3.8) is 0 Å². The number of carbonyl (C=O) groups is 1. The number of hydrogen-bond acceptors (Lipinski definition) is 4. The first-order chi connectivity index (χ1) is 11.8. The van der Waals surface area contributed by atoms with Crippen LogP contribution in [0.5, 0.6) is 5.75 Å². The zero-order valence-electron chi connectivity index (χ0n) is 13.8. The Bertz CT molecular complexity index is 838. The Morgan fingerprint density at radius 2 is 1.84 bits per heavy atom. The van der Waals surface area contributed by atoms with Crippen LogP contribution >= 0.6 is 0 Å². The van der Waals surface area contributed by atoms with Crippen molar-refractivity contribution in [2.75, 3.05) is 22.9 Å².